The molecule has 1 saturated heterocycles. The molecular formula is C14H21NO4S. The Morgan fingerprint density at radius 1 is 1.45 bits per heavy atom. The van der Waals surface area contributed by atoms with Crippen molar-refractivity contribution in [3.8, 4) is 5.75 Å². The Hall–Kier alpha value is -1.14. The molecule has 6 heteroatoms. The van der Waals surface area contributed by atoms with E-state index in [-0.39, 0.29) is 10.7 Å². The highest BCUT2D eigenvalue weighted by atomic mass is 32.2. The maximum Gasteiger partial charge on any atom is 0.223 e. The van der Waals surface area contributed by atoms with Gasteiger partial charge >= 0.3 is 0 Å². The number of nitrogens with one attached hydrogen (secondary N) is 1. The van der Waals surface area contributed by atoms with Gasteiger partial charge in [-0.1, -0.05) is 6.92 Å². The molecule has 0 amide bonds. The van der Waals surface area contributed by atoms with Gasteiger partial charge in [0.2, 0.25) is 5.43 Å². The predicted octanol–water partition coefficient (Wildman–Crippen LogP) is 1.59. The van der Waals surface area contributed by atoms with E-state index in [9.17, 15) is 9.00 Å². The Balaban J connectivity index is 1.97. The van der Waals surface area contributed by atoms with Crippen molar-refractivity contribution in [1.82, 2.24) is 4.98 Å². The molecule has 0 radical (unpaired) electrons. The summed E-state index contributed by atoms with van der Waals surface area (Å²) in [5.41, 5.74) is 0.542. The molecule has 1 N–H and O–H groups in total. The molecule has 20 heavy (non-hydrogen) atoms. The standard InChI is InChI=1S/C14H21NO4S/c1-2-5-19-14-9-15-11(8-13(14)16)10-20(17)12-3-6-18-7-4-12/h8-9,12H,2-7,10H2,1H3,(H,15,16). The molecule has 0 aliphatic carbocycles. The number of aromatic nitrogens is 1. The van der Waals surface area contributed by atoms with Gasteiger partial charge in [0.25, 0.3) is 0 Å². The second-order valence-electron chi connectivity index (χ2n) is 4.87. The van der Waals surface area contributed by atoms with Crippen molar-refractivity contribution in [2.45, 2.75) is 37.2 Å². The average Bonchev–Trinajstić information content (AvgIpc) is 2.47. The Kier molecular flexibility index (Phi) is 5.79. The normalized spacial score (nSPS) is 17.9. The molecule has 112 valence electrons. The fourth-order valence-corrected chi connectivity index (χ4v) is 3.55. The fourth-order valence-electron chi connectivity index (χ4n) is 2.12. The topological polar surface area (TPSA) is 68.4 Å². The summed E-state index contributed by atoms with van der Waals surface area (Å²) in [7, 11) is -0.969. The molecule has 0 aromatic carbocycles. The Morgan fingerprint density at radius 3 is 2.85 bits per heavy atom. The number of H-pyrrole nitrogens is 1. The van der Waals surface area contributed by atoms with Gasteiger partial charge in [-0.2, -0.15) is 0 Å². The van der Waals surface area contributed by atoms with Crippen LogP contribution >= 0.6 is 0 Å². The second-order valence-corrected chi connectivity index (χ2v) is 6.59. The van der Waals surface area contributed by atoms with Gasteiger partial charge in [-0.15, -0.1) is 0 Å². The summed E-state index contributed by atoms with van der Waals surface area (Å²) >= 11 is 0. The summed E-state index contributed by atoms with van der Waals surface area (Å²) in [5.74, 6) is 0.709. The van der Waals surface area contributed by atoms with Gasteiger partial charge in [0, 0.05) is 47.2 Å². The largest absolute Gasteiger partial charge is 0.488 e. The zero-order chi connectivity index (χ0) is 14.4. The predicted molar refractivity (Wildman–Crippen MR) is 78.5 cm³/mol. The third kappa shape index (κ3) is 4.18. The lowest BCUT2D eigenvalue weighted by Gasteiger charge is -2.21. The molecule has 2 rings (SSSR count). The molecule has 1 aliphatic rings. The summed E-state index contributed by atoms with van der Waals surface area (Å²) < 4.78 is 22.8. The molecule has 0 bridgehead atoms. The van der Waals surface area contributed by atoms with Crippen LogP contribution in [0.1, 0.15) is 31.9 Å². The van der Waals surface area contributed by atoms with Crippen molar-refractivity contribution in [3.05, 3.63) is 28.2 Å². The summed E-state index contributed by atoms with van der Waals surface area (Å²) in [4.78, 5) is 14.8. The van der Waals surface area contributed by atoms with Crippen LogP contribution in [0.5, 0.6) is 5.75 Å². The van der Waals surface area contributed by atoms with Crippen LogP contribution in [-0.2, 0) is 21.3 Å². The zero-order valence-corrected chi connectivity index (χ0v) is 12.5. The number of hydrogen-bond acceptors (Lipinski definition) is 4. The molecule has 1 aromatic heterocycles. The summed E-state index contributed by atoms with van der Waals surface area (Å²) in [6.45, 7) is 3.86. The lowest BCUT2D eigenvalue weighted by Crippen LogP contribution is -2.26. The van der Waals surface area contributed by atoms with E-state index in [1.165, 1.54) is 6.07 Å². The highest BCUT2D eigenvalue weighted by molar-refractivity contribution is 7.84. The van der Waals surface area contributed by atoms with Gasteiger partial charge in [0.15, 0.2) is 5.75 Å². The van der Waals surface area contributed by atoms with Crippen molar-refractivity contribution in [2.24, 2.45) is 0 Å². The third-order valence-corrected chi connectivity index (χ3v) is 5.05. The van der Waals surface area contributed by atoms with Crippen molar-refractivity contribution in [2.75, 3.05) is 19.8 Å². The minimum atomic E-state index is -0.969. The van der Waals surface area contributed by atoms with E-state index in [0.717, 1.165) is 19.3 Å². The molecular weight excluding hydrogens is 278 g/mol. The number of hydrogen-bond donors (Lipinski definition) is 1. The first kappa shape index (κ1) is 15.3. The minimum Gasteiger partial charge on any atom is -0.488 e. The molecule has 1 aromatic rings. The fraction of sp³-hybridized carbons (Fsp3) is 0.643. The molecule has 0 saturated carbocycles. The smallest absolute Gasteiger partial charge is 0.223 e. The minimum absolute atomic E-state index is 0.156. The van der Waals surface area contributed by atoms with E-state index < -0.39 is 10.8 Å². The monoisotopic (exact) mass is 299 g/mol. The number of rotatable bonds is 6. The Bertz CT molecular complexity index is 508. The van der Waals surface area contributed by atoms with Gasteiger partial charge in [-0.05, 0) is 19.3 Å². The molecule has 1 aliphatic heterocycles. The van der Waals surface area contributed by atoms with E-state index in [1.54, 1.807) is 6.20 Å². The van der Waals surface area contributed by atoms with E-state index in [0.29, 0.717) is 37.0 Å². The van der Waals surface area contributed by atoms with E-state index in [4.69, 9.17) is 9.47 Å². The maximum absolute atomic E-state index is 12.2. The molecule has 0 spiro atoms. The first-order valence-corrected chi connectivity index (χ1v) is 8.38. The first-order chi connectivity index (χ1) is 9.70. The molecule has 2 heterocycles. The van der Waals surface area contributed by atoms with Gasteiger partial charge in [0.1, 0.15) is 0 Å². The van der Waals surface area contributed by atoms with Crippen LogP contribution < -0.4 is 10.2 Å². The van der Waals surface area contributed by atoms with E-state index in [2.05, 4.69) is 4.98 Å². The van der Waals surface area contributed by atoms with Crippen LogP contribution in [-0.4, -0.2) is 34.3 Å². The van der Waals surface area contributed by atoms with Crippen molar-refractivity contribution >= 4 is 10.8 Å². The second kappa shape index (κ2) is 7.59. The molecule has 5 nitrogen and oxygen atoms in total. The van der Waals surface area contributed by atoms with Crippen molar-refractivity contribution in [3.63, 3.8) is 0 Å². The number of pyridine rings is 1. The van der Waals surface area contributed by atoms with Crippen LogP contribution in [0.25, 0.3) is 0 Å². The first-order valence-electron chi connectivity index (χ1n) is 7.00. The SMILES string of the molecule is CCCOc1c[nH]c(CS(=O)C2CCOCC2)cc1=O. The van der Waals surface area contributed by atoms with E-state index >= 15 is 0 Å². The summed E-state index contributed by atoms with van der Waals surface area (Å²) in [5, 5.41) is 0.170. The lowest BCUT2D eigenvalue weighted by atomic mass is 10.2. The lowest BCUT2D eigenvalue weighted by molar-refractivity contribution is 0.0992. The van der Waals surface area contributed by atoms with Gasteiger partial charge in [-0.25, -0.2) is 0 Å². The number of ether oxygens (including phenoxy) is 2. The molecule has 1 atom stereocenters. The summed E-state index contributed by atoms with van der Waals surface area (Å²) in [6, 6.07) is 1.49. The Labute approximate surface area is 121 Å². The number of aromatic amines is 1. The van der Waals surface area contributed by atoms with Crippen LogP contribution in [0.3, 0.4) is 0 Å². The highest BCUT2D eigenvalue weighted by Crippen LogP contribution is 2.16. The van der Waals surface area contributed by atoms with Crippen LogP contribution in [0.4, 0.5) is 0 Å². The summed E-state index contributed by atoms with van der Waals surface area (Å²) in [6.07, 6.45) is 4.08. The van der Waals surface area contributed by atoms with Crippen LogP contribution in [0, 0.1) is 0 Å². The third-order valence-electron chi connectivity index (χ3n) is 3.24. The average molecular weight is 299 g/mol. The van der Waals surface area contributed by atoms with Gasteiger partial charge in [0.05, 0.1) is 12.4 Å². The van der Waals surface area contributed by atoms with Crippen molar-refractivity contribution in [1.29, 1.82) is 0 Å². The van der Waals surface area contributed by atoms with E-state index in [1.807, 2.05) is 6.92 Å². The highest BCUT2D eigenvalue weighted by Gasteiger charge is 2.20. The van der Waals surface area contributed by atoms with Gasteiger partial charge < -0.3 is 14.5 Å². The quantitative estimate of drug-likeness (QED) is 0.866. The maximum atomic E-state index is 12.2. The zero-order valence-electron chi connectivity index (χ0n) is 11.7. The van der Waals surface area contributed by atoms with Crippen molar-refractivity contribution < 1.29 is 13.7 Å². The van der Waals surface area contributed by atoms with Crippen LogP contribution in [0.2, 0.25) is 0 Å². The molecule has 1 unspecified atom stereocenters. The Morgan fingerprint density at radius 2 is 2.20 bits per heavy atom. The van der Waals surface area contributed by atoms with Gasteiger partial charge in [-0.3, -0.25) is 9.00 Å². The van der Waals surface area contributed by atoms with Crippen LogP contribution in [0.15, 0.2) is 17.1 Å². The molecule has 1 fully saturated rings.